The summed E-state index contributed by atoms with van der Waals surface area (Å²) in [6, 6.07) is 0. The van der Waals surface area contributed by atoms with Crippen LogP contribution in [-0.2, 0) is 0 Å². The molecule has 0 bridgehead atoms. The third-order valence-corrected chi connectivity index (χ3v) is 4.71. The number of nitrogens with zero attached hydrogens (tertiary/aromatic N) is 3. The van der Waals surface area contributed by atoms with Crippen molar-refractivity contribution in [3.63, 3.8) is 0 Å². The normalized spacial score (nSPS) is 20.2. The summed E-state index contributed by atoms with van der Waals surface area (Å²) in [5.41, 5.74) is 1.20. The van der Waals surface area contributed by atoms with E-state index in [1.807, 2.05) is 6.08 Å². The van der Waals surface area contributed by atoms with E-state index in [9.17, 15) is 0 Å². The maximum absolute atomic E-state index is 6.25. The number of unbranched alkanes of at least 4 members (excludes halogenated alkanes) is 3. The van der Waals surface area contributed by atoms with E-state index in [1.54, 1.807) is 11.9 Å². The van der Waals surface area contributed by atoms with E-state index in [0.29, 0.717) is 30.2 Å². The molecule has 0 atom stereocenters. The van der Waals surface area contributed by atoms with Gasteiger partial charge in [-0.1, -0.05) is 37.6 Å². The van der Waals surface area contributed by atoms with Gasteiger partial charge < -0.3 is 9.64 Å². The zero-order valence-corrected chi connectivity index (χ0v) is 14.6. The lowest BCUT2D eigenvalue weighted by Gasteiger charge is -2.52. The van der Waals surface area contributed by atoms with Crippen LogP contribution in [0.15, 0.2) is 6.08 Å². The van der Waals surface area contributed by atoms with Crippen LogP contribution in [-0.4, -0.2) is 69.4 Å². The average molecular weight is 321 g/mol. The van der Waals surface area contributed by atoms with Gasteiger partial charge in [0, 0.05) is 0 Å². The first-order valence-corrected chi connectivity index (χ1v) is 8.59. The first-order valence-electron chi connectivity index (χ1n) is 7.86. The van der Waals surface area contributed by atoms with Gasteiger partial charge in [-0.15, -0.1) is 4.37 Å². The Bertz CT molecular complexity index is 562. The van der Waals surface area contributed by atoms with Gasteiger partial charge in [-0.3, -0.25) is 0 Å². The van der Waals surface area contributed by atoms with Gasteiger partial charge in [-0.2, -0.15) is 4.37 Å². The molecule has 0 fully saturated rings. The second kappa shape index (κ2) is 7.47. The van der Waals surface area contributed by atoms with Crippen molar-refractivity contribution in [2.75, 3.05) is 13.7 Å². The van der Waals surface area contributed by atoms with Gasteiger partial charge in [0.1, 0.15) is 5.69 Å². The van der Waals surface area contributed by atoms with Crippen LogP contribution in [0.25, 0.3) is 5.57 Å². The highest BCUT2D eigenvalue weighted by Crippen LogP contribution is 2.38. The van der Waals surface area contributed by atoms with Gasteiger partial charge in [-0.25, -0.2) is 0 Å². The summed E-state index contributed by atoms with van der Waals surface area (Å²) in [5.74, 6) is 0.466. The Morgan fingerprint density at radius 3 is 2.65 bits per heavy atom. The lowest BCUT2D eigenvalue weighted by atomic mass is 9.47. The molecule has 0 unspecified atom stereocenters. The van der Waals surface area contributed by atoms with Gasteiger partial charge in [0.05, 0.1) is 49.7 Å². The molecule has 0 saturated carbocycles. The minimum absolute atomic E-state index is 0.405. The van der Waals surface area contributed by atoms with Gasteiger partial charge in [0.2, 0.25) is 0 Å². The quantitative estimate of drug-likeness (QED) is 0.559. The predicted octanol–water partition coefficient (Wildman–Crippen LogP) is 1.20. The van der Waals surface area contributed by atoms with Crippen molar-refractivity contribution in [3.05, 3.63) is 11.8 Å². The Hall–Kier alpha value is -0.680. The molecule has 114 valence electrons. The number of ether oxygens (including phenoxy) is 1. The van der Waals surface area contributed by atoms with E-state index in [4.69, 9.17) is 36.1 Å². The molecule has 8 radical (unpaired) electrons. The summed E-state index contributed by atoms with van der Waals surface area (Å²) in [4.78, 5) is 1.54. The summed E-state index contributed by atoms with van der Waals surface area (Å²) >= 11 is 1.07. The second-order valence-corrected chi connectivity index (χ2v) is 6.55. The number of rotatable bonds is 7. The molecule has 2 rings (SSSR count). The van der Waals surface area contributed by atoms with Crippen molar-refractivity contribution in [1.29, 1.82) is 0 Å². The van der Waals surface area contributed by atoms with Gasteiger partial charge >= 0.3 is 0 Å². The first kappa shape index (κ1) is 18.7. The highest BCUT2D eigenvalue weighted by Gasteiger charge is 2.40. The van der Waals surface area contributed by atoms with E-state index in [1.165, 1.54) is 12.8 Å². The van der Waals surface area contributed by atoms with Crippen LogP contribution in [0, 0.1) is 0 Å². The zero-order valence-electron chi connectivity index (χ0n) is 13.8. The van der Waals surface area contributed by atoms with Crippen LogP contribution in [0.4, 0.5) is 0 Å². The number of likely N-dealkylation sites (N-methyl/N-ethyl adjacent to an activating group) is 1. The fraction of sp³-hybridized carbons (Fsp3) is 0.714. The van der Waals surface area contributed by atoms with Crippen LogP contribution >= 0.6 is 11.7 Å². The van der Waals surface area contributed by atoms with Crippen molar-refractivity contribution >= 4 is 48.7 Å². The Balaban J connectivity index is 2.13. The van der Waals surface area contributed by atoms with E-state index < -0.39 is 10.7 Å². The maximum atomic E-state index is 6.25. The molecule has 0 aromatic carbocycles. The molecule has 1 aliphatic heterocycles. The summed E-state index contributed by atoms with van der Waals surface area (Å²) < 4.78 is 14.3. The van der Waals surface area contributed by atoms with Crippen molar-refractivity contribution in [2.24, 2.45) is 0 Å². The lowest BCUT2D eigenvalue weighted by molar-refractivity contribution is 0.248. The Kier molecular flexibility index (Phi) is 6.06. The van der Waals surface area contributed by atoms with Gasteiger partial charge in [0.15, 0.2) is 0 Å². The molecule has 1 aromatic rings. The van der Waals surface area contributed by atoms with E-state index in [2.05, 4.69) is 15.7 Å². The average Bonchev–Trinajstić information content (AvgIpc) is 2.93. The molecule has 0 N–H and O–H groups in total. The second-order valence-electron chi connectivity index (χ2n) is 6.02. The minimum Gasteiger partial charge on any atom is -0.475 e. The monoisotopic (exact) mass is 321 g/mol. The molecule has 9 heteroatoms. The van der Waals surface area contributed by atoms with Gasteiger partial charge in [0.25, 0.3) is 5.88 Å². The van der Waals surface area contributed by atoms with Crippen LogP contribution in [0.5, 0.6) is 5.88 Å². The Labute approximate surface area is 148 Å². The molecule has 1 aliphatic rings. The fourth-order valence-electron chi connectivity index (χ4n) is 2.51. The van der Waals surface area contributed by atoms with E-state index in [-0.39, 0.29) is 0 Å². The zero-order chi connectivity index (χ0) is 17.1. The molecular formula is C14H19B4N3OS. The maximum Gasteiger partial charge on any atom is 0.253 e. The Morgan fingerprint density at radius 1 is 1.22 bits per heavy atom. The molecule has 0 saturated heterocycles. The first-order chi connectivity index (χ1) is 10.8. The molecule has 4 nitrogen and oxygen atoms in total. The fourth-order valence-corrected chi connectivity index (χ4v) is 3.03. The number of aromatic nitrogens is 2. The van der Waals surface area contributed by atoms with Crippen molar-refractivity contribution in [2.45, 2.75) is 49.7 Å². The lowest BCUT2D eigenvalue weighted by Crippen LogP contribution is -2.63. The molecule has 1 aromatic heterocycles. The van der Waals surface area contributed by atoms with Gasteiger partial charge in [-0.05, 0) is 30.8 Å². The largest absolute Gasteiger partial charge is 0.475 e. The van der Waals surface area contributed by atoms with Crippen LogP contribution in [0.1, 0.15) is 44.7 Å². The smallest absolute Gasteiger partial charge is 0.253 e. The van der Waals surface area contributed by atoms with Crippen LogP contribution in [0.3, 0.4) is 0 Å². The van der Waals surface area contributed by atoms with Crippen molar-refractivity contribution in [3.8, 4) is 5.88 Å². The van der Waals surface area contributed by atoms with Crippen LogP contribution in [0.2, 0.25) is 0 Å². The summed E-state index contributed by atoms with van der Waals surface area (Å²) in [6.07, 6.45) is 6.73. The molecule has 0 amide bonds. The third kappa shape index (κ3) is 4.05. The standard InChI is InChI=1S/C14H19B4N3OS/c1-3-4-5-6-9-22-12-11(19-23-20-12)10-7-8-13(15,16)21(2)14(10,17)18/h7H,3-6,8-9H2,1-2H3. The Morgan fingerprint density at radius 2 is 1.96 bits per heavy atom. The summed E-state index contributed by atoms with van der Waals surface area (Å²) in [6.45, 7) is 2.77. The molecule has 2 heterocycles. The van der Waals surface area contributed by atoms with Crippen molar-refractivity contribution in [1.82, 2.24) is 13.6 Å². The summed E-state index contributed by atoms with van der Waals surface area (Å²) in [7, 11) is 26.2. The molecular weight excluding hydrogens is 301 g/mol. The SMILES string of the molecule is [B]C1([B])CC=C(c2nsnc2OCCCCCC)C([B])([B])N1C. The predicted molar refractivity (Wildman–Crippen MR) is 98.4 cm³/mol. The highest BCUT2D eigenvalue weighted by atomic mass is 32.1. The minimum atomic E-state index is -1.34. The topological polar surface area (TPSA) is 38.3 Å². The number of hydrogen-bond donors (Lipinski definition) is 0. The summed E-state index contributed by atoms with van der Waals surface area (Å²) in [5, 5.41) is -2.44. The molecule has 0 aliphatic carbocycles. The third-order valence-electron chi connectivity index (χ3n) is 4.19. The van der Waals surface area contributed by atoms with Crippen molar-refractivity contribution < 1.29 is 4.74 Å². The van der Waals surface area contributed by atoms with E-state index in [0.717, 1.165) is 24.6 Å². The van der Waals surface area contributed by atoms with E-state index >= 15 is 0 Å². The molecule has 23 heavy (non-hydrogen) atoms. The molecule has 0 spiro atoms. The number of hydrogen-bond acceptors (Lipinski definition) is 5. The highest BCUT2D eigenvalue weighted by molar-refractivity contribution is 6.99. The van der Waals surface area contributed by atoms with Crippen LogP contribution < -0.4 is 4.74 Å².